The van der Waals surface area contributed by atoms with E-state index in [1.54, 1.807) is 7.11 Å². The van der Waals surface area contributed by atoms with Crippen LogP contribution in [0.2, 0.25) is 0 Å². The minimum atomic E-state index is 0.0456. The average Bonchev–Trinajstić information content (AvgIpc) is 3.37. The van der Waals surface area contributed by atoms with Gasteiger partial charge < -0.3 is 14.8 Å². The van der Waals surface area contributed by atoms with Gasteiger partial charge in [0.25, 0.3) is 0 Å². The molecule has 0 radical (unpaired) electrons. The van der Waals surface area contributed by atoms with Crippen LogP contribution in [-0.2, 0) is 11.3 Å². The van der Waals surface area contributed by atoms with Crippen molar-refractivity contribution in [3.05, 3.63) is 29.8 Å². The fourth-order valence-electron chi connectivity index (χ4n) is 3.18. The summed E-state index contributed by atoms with van der Waals surface area (Å²) in [6.45, 7) is 1.70. The van der Waals surface area contributed by atoms with E-state index >= 15 is 0 Å². The minimum Gasteiger partial charge on any atom is -0.497 e. The van der Waals surface area contributed by atoms with Crippen molar-refractivity contribution in [1.29, 1.82) is 0 Å². The molecule has 0 amide bonds. The van der Waals surface area contributed by atoms with E-state index in [4.69, 9.17) is 9.47 Å². The molecule has 1 N–H and O–H groups in total. The van der Waals surface area contributed by atoms with Gasteiger partial charge in [-0.25, -0.2) is 0 Å². The van der Waals surface area contributed by atoms with Crippen LogP contribution in [0.15, 0.2) is 24.3 Å². The molecular formula is C18H27NO2. The van der Waals surface area contributed by atoms with Gasteiger partial charge in [-0.1, -0.05) is 31.4 Å². The first-order valence-electron chi connectivity index (χ1n) is 8.30. The summed E-state index contributed by atoms with van der Waals surface area (Å²) in [5.41, 5.74) is 1.25. The Morgan fingerprint density at radius 1 is 1.19 bits per heavy atom. The number of rotatable bonds is 7. The molecule has 0 bridgehead atoms. The van der Waals surface area contributed by atoms with Crippen LogP contribution < -0.4 is 10.1 Å². The van der Waals surface area contributed by atoms with Gasteiger partial charge in [-0.15, -0.1) is 0 Å². The molecule has 0 heterocycles. The minimum absolute atomic E-state index is 0.0456. The Morgan fingerprint density at radius 2 is 2.00 bits per heavy atom. The topological polar surface area (TPSA) is 30.5 Å². The van der Waals surface area contributed by atoms with Gasteiger partial charge in [0, 0.05) is 12.6 Å². The molecule has 2 saturated carbocycles. The maximum Gasteiger partial charge on any atom is 0.119 e. The molecule has 0 aliphatic heterocycles. The largest absolute Gasteiger partial charge is 0.497 e. The van der Waals surface area contributed by atoms with E-state index in [-0.39, 0.29) is 5.60 Å². The molecule has 1 aromatic rings. The Kier molecular flexibility index (Phi) is 4.81. The summed E-state index contributed by atoms with van der Waals surface area (Å²) in [6, 6.07) is 8.96. The fraction of sp³-hybridized carbons (Fsp3) is 0.667. The Labute approximate surface area is 128 Å². The highest BCUT2D eigenvalue weighted by Gasteiger charge is 2.34. The van der Waals surface area contributed by atoms with E-state index in [0.717, 1.165) is 18.3 Å². The molecule has 0 aromatic heterocycles. The number of hydrogen-bond acceptors (Lipinski definition) is 3. The molecule has 2 aliphatic carbocycles. The second kappa shape index (κ2) is 6.80. The summed E-state index contributed by atoms with van der Waals surface area (Å²) >= 11 is 0. The second-order valence-corrected chi connectivity index (χ2v) is 6.54. The van der Waals surface area contributed by atoms with Crippen LogP contribution in [0.5, 0.6) is 5.75 Å². The van der Waals surface area contributed by atoms with Crippen LogP contribution in [0.1, 0.15) is 50.5 Å². The molecule has 116 valence electrons. The molecule has 2 aliphatic rings. The van der Waals surface area contributed by atoms with E-state index in [0.29, 0.717) is 6.61 Å². The lowest BCUT2D eigenvalue weighted by Crippen LogP contribution is -2.45. The summed E-state index contributed by atoms with van der Waals surface area (Å²) < 4.78 is 11.7. The standard InChI is InChI=1S/C18H27NO2/c1-20-17-7-5-6-15(12-17)13-21-18(10-3-2-4-11-18)14-19-16-8-9-16/h5-7,12,16,19H,2-4,8-11,13-14H2,1H3. The molecule has 21 heavy (non-hydrogen) atoms. The molecule has 1 aromatic carbocycles. The first-order chi connectivity index (χ1) is 10.3. The van der Waals surface area contributed by atoms with Crippen LogP contribution in [0.4, 0.5) is 0 Å². The molecule has 3 rings (SSSR count). The van der Waals surface area contributed by atoms with Crippen molar-refractivity contribution in [2.45, 2.75) is 63.2 Å². The third-order valence-corrected chi connectivity index (χ3v) is 4.73. The number of methoxy groups -OCH3 is 1. The van der Waals surface area contributed by atoms with Crippen molar-refractivity contribution in [1.82, 2.24) is 5.32 Å². The third-order valence-electron chi connectivity index (χ3n) is 4.73. The Bertz CT molecular complexity index is 450. The zero-order chi connectivity index (χ0) is 14.5. The maximum absolute atomic E-state index is 6.42. The molecule has 3 nitrogen and oxygen atoms in total. The van der Waals surface area contributed by atoms with Crippen LogP contribution in [0.3, 0.4) is 0 Å². The van der Waals surface area contributed by atoms with Crippen molar-refractivity contribution in [3.8, 4) is 5.75 Å². The van der Waals surface area contributed by atoms with Crippen LogP contribution in [0, 0.1) is 0 Å². The third kappa shape index (κ3) is 4.21. The zero-order valence-electron chi connectivity index (χ0n) is 13.1. The SMILES string of the molecule is COc1cccc(COC2(CNC3CC3)CCCCC2)c1. The number of ether oxygens (including phenoxy) is 2. The molecule has 2 fully saturated rings. The summed E-state index contributed by atoms with van der Waals surface area (Å²) in [4.78, 5) is 0. The highest BCUT2D eigenvalue weighted by atomic mass is 16.5. The monoisotopic (exact) mass is 289 g/mol. The first-order valence-corrected chi connectivity index (χ1v) is 8.30. The van der Waals surface area contributed by atoms with Crippen LogP contribution >= 0.6 is 0 Å². The summed E-state index contributed by atoms with van der Waals surface area (Å²) in [5.74, 6) is 0.907. The molecule has 0 saturated heterocycles. The predicted molar refractivity (Wildman–Crippen MR) is 84.6 cm³/mol. The Hall–Kier alpha value is -1.06. The quantitative estimate of drug-likeness (QED) is 0.831. The highest BCUT2D eigenvalue weighted by molar-refractivity contribution is 5.27. The van der Waals surface area contributed by atoms with E-state index in [9.17, 15) is 0 Å². The fourth-order valence-corrected chi connectivity index (χ4v) is 3.18. The van der Waals surface area contributed by atoms with Gasteiger partial charge in [-0.05, 0) is 43.4 Å². The summed E-state index contributed by atoms with van der Waals surface area (Å²) in [6.07, 6.45) is 9.01. The van der Waals surface area contributed by atoms with Gasteiger partial charge in [-0.2, -0.15) is 0 Å². The molecule has 3 heteroatoms. The van der Waals surface area contributed by atoms with Crippen LogP contribution in [-0.4, -0.2) is 25.3 Å². The normalized spacial score (nSPS) is 21.2. The van der Waals surface area contributed by atoms with Crippen LogP contribution in [0.25, 0.3) is 0 Å². The Balaban J connectivity index is 1.59. The molecule has 0 spiro atoms. The van der Waals surface area contributed by atoms with E-state index in [2.05, 4.69) is 17.4 Å². The predicted octanol–water partition coefficient (Wildman–Crippen LogP) is 3.67. The van der Waals surface area contributed by atoms with Gasteiger partial charge in [0.15, 0.2) is 0 Å². The van der Waals surface area contributed by atoms with E-state index in [1.807, 2.05) is 12.1 Å². The molecule has 0 unspecified atom stereocenters. The van der Waals surface area contributed by atoms with Crippen molar-refractivity contribution < 1.29 is 9.47 Å². The van der Waals surface area contributed by atoms with Gasteiger partial charge >= 0.3 is 0 Å². The van der Waals surface area contributed by atoms with Gasteiger partial charge in [0.1, 0.15) is 5.75 Å². The summed E-state index contributed by atoms with van der Waals surface area (Å²) in [5, 5.41) is 3.68. The number of benzene rings is 1. The van der Waals surface area contributed by atoms with E-state index in [1.165, 1.54) is 50.5 Å². The van der Waals surface area contributed by atoms with Crippen molar-refractivity contribution in [2.24, 2.45) is 0 Å². The smallest absolute Gasteiger partial charge is 0.119 e. The van der Waals surface area contributed by atoms with Gasteiger partial charge in [0.05, 0.1) is 19.3 Å². The van der Waals surface area contributed by atoms with Gasteiger partial charge in [-0.3, -0.25) is 0 Å². The number of nitrogens with one attached hydrogen (secondary N) is 1. The molecular weight excluding hydrogens is 262 g/mol. The maximum atomic E-state index is 6.42. The molecule has 0 atom stereocenters. The number of hydrogen-bond donors (Lipinski definition) is 1. The van der Waals surface area contributed by atoms with E-state index < -0.39 is 0 Å². The average molecular weight is 289 g/mol. The first kappa shape index (κ1) is 14.9. The van der Waals surface area contributed by atoms with Gasteiger partial charge in [0.2, 0.25) is 0 Å². The lowest BCUT2D eigenvalue weighted by atomic mass is 9.84. The van der Waals surface area contributed by atoms with Crippen molar-refractivity contribution >= 4 is 0 Å². The van der Waals surface area contributed by atoms with Crippen molar-refractivity contribution in [2.75, 3.05) is 13.7 Å². The summed E-state index contributed by atoms with van der Waals surface area (Å²) in [7, 11) is 1.71. The van der Waals surface area contributed by atoms with Crippen molar-refractivity contribution in [3.63, 3.8) is 0 Å². The zero-order valence-corrected chi connectivity index (χ0v) is 13.1. The highest BCUT2D eigenvalue weighted by Crippen LogP contribution is 2.33. The lowest BCUT2D eigenvalue weighted by molar-refractivity contribution is -0.0787. The second-order valence-electron chi connectivity index (χ2n) is 6.54. The lowest BCUT2D eigenvalue weighted by Gasteiger charge is -2.37. The Morgan fingerprint density at radius 3 is 2.71 bits per heavy atom.